The van der Waals surface area contributed by atoms with Crippen LogP contribution in [0.3, 0.4) is 0 Å². The predicted octanol–water partition coefficient (Wildman–Crippen LogP) is 2.22. The molecular weight excluding hydrogens is 312 g/mol. The molecule has 2 aromatic rings. The van der Waals surface area contributed by atoms with Gasteiger partial charge in [-0.3, -0.25) is 4.79 Å². The Kier molecular flexibility index (Phi) is 5.52. The van der Waals surface area contributed by atoms with E-state index in [1.165, 1.54) is 12.1 Å². The normalized spacial score (nSPS) is 11.2. The van der Waals surface area contributed by atoms with Gasteiger partial charge < -0.3 is 5.32 Å². The van der Waals surface area contributed by atoms with Crippen LogP contribution in [0.4, 0.5) is 0 Å². The minimum Gasteiger partial charge on any atom is -0.348 e. The molecule has 122 valence electrons. The molecule has 0 bridgehead atoms. The molecule has 2 aromatic carbocycles. The predicted molar refractivity (Wildman–Crippen MR) is 89.7 cm³/mol. The highest BCUT2D eigenvalue weighted by Gasteiger charge is 2.15. The van der Waals surface area contributed by atoms with Gasteiger partial charge in [-0.2, -0.15) is 0 Å². The number of hydrogen-bond donors (Lipinski definition) is 2. The lowest BCUT2D eigenvalue weighted by Gasteiger charge is -2.08. The Morgan fingerprint density at radius 3 is 2.43 bits per heavy atom. The third-order valence-electron chi connectivity index (χ3n) is 3.31. The molecule has 5 nitrogen and oxygen atoms in total. The maximum Gasteiger partial charge on any atom is 0.251 e. The van der Waals surface area contributed by atoms with Gasteiger partial charge in [0.25, 0.3) is 5.91 Å². The van der Waals surface area contributed by atoms with Crippen molar-refractivity contribution in [1.82, 2.24) is 10.0 Å². The van der Waals surface area contributed by atoms with E-state index < -0.39 is 10.0 Å². The largest absolute Gasteiger partial charge is 0.348 e. The molecule has 0 aromatic heterocycles. The number of hydrogen-bond acceptors (Lipinski definition) is 3. The van der Waals surface area contributed by atoms with Gasteiger partial charge >= 0.3 is 0 Å². The molecule has 0 atom stereocenters. The molecule has 2 N–H and O–H groups in total. The van der Waals surface area contributed by atoms with Crippen molar-refractivity contribution in [2.45, 2.75) is 25.3 Å². The van der Waals surface area contributed by atoms with Gasteiger partial charge in [-0.25, -0.2) is 13.1 Å². The average Bonchev–Trinajstić information content (AvgIpc) is 2.54. The number of benzene rings is 2. The molecular formula is C17H20N2O3S. The van der Waals surface area contributed by atoms with Gasteiger partial charge in [-0.15, -0.1) is 0 Å². The van der Waals surface area contributed by atoms with Crippen LogP contribution in [0.2, 0.25) is 0 Å². The standard InChI is InChI=1S/C17H20N2O3S/c1-3-19-23(21,22)16-6-4-5-15(11-16)17(20)18-12-14-9-7-13(2)8-10-14/h4-11,19H,3,12H2,1-2H3,(H,18,20). The zero-order valence-electron chi connectivity index (χ0n) is 13.2. The Morgan fingerprint density at radius 1 is 1.09 bits per heavy atom. The Balaban J connectivity index is 2.09. The molecule has 6 heteroatoms. The fourth-order valence-electron chi connectivity index (χ4n) is 2.07. The van der Waals surface area contributed by atoms with E-state index >= 15 is 0 Å². The second-order valence-electron chi connectivity index (χ2n) is 5.20. The summed E-state index contributed by atoms with van der Waals surface area (Å²) in [5.41, 5.74) is 2.46. The number of aryl methyl sites for hydroxylation is 1. The van der Waals surface area contributed by atoms with Crippen molar-refractivity contribution in [3.63, 3.8) is 0 Å². The van der Waals surface area contributed by atoms with E-state index in [1.54, 1.807) is 19.1 Å². The minimum atomic E-state index is -3.57. The average molecular weight is 332 g/mol. The van der Waals surface area contributed by atoms with Crippen molar-refractivity contribution in [3.8, 4) is 0 Å². The van der Waals surface area contributed by atoms with Crippen LogP contribution in [-0.2, 0) is 16.6 Å². The van der Waals surface area contributed by atoms with Crippen LogP contribution in [0, 0.1) is 6.92 Å². The molecule has 23 heavy (non-hydrogen) atoms. The summed E-state index contributed by atoms with van der Waals surface area (Å²) in [4.78, 5) is 12.3. The van der Waals surface area contributed by atoms with Crippen LogP contribution >= 0.6 is 0 Å². The van der Waals surface area contributed by atoms with Crippen LogP contribution in [0.15, 0.2) is 53.4 Å². The molecule has 2 rings (SSSR count). The topological polar surface area (TPSA) is 75.3 Å². The van der Waals surface area contributed by atoms with Crippen LogP contribution < -0.4 is 10.0 Å². The summed E-state index contributed by atoms with van der Waals surface area (Å²) in [5.74, 6) is -0.306. The van der Waals surface area contributed by atoms with Crippen LogP contribution in [0.25, 0.3) is 0 Å². The molecule has 0 unspecified atom stereocenters. The van der Waals surface area contributed by atoms with E-state index in [1.807, 2.05) is 31.2 Å². The van der Waals surface area contributed by atoms with E-state index in [-0.39, 0.29) is 10.8 Å². The lowest BCUT2D eigenvalue weighted by atomic mass is 10.1. The smallest absolute Gasteiger partial charge is 0.251 e. The first-order valence-corrected chi connectivity index (χ1v) is 8.84. The first kappa shape index (κ1) is 17.2. The number of amides is 1. The highest BCUT2D eigenvalue weighted by molar-refractivity contribution is 7.89. The Morgan fingerprint density at radius 2 is 1.78 bits per heavy atom. The van der Waals surface area contributed by atoms with Crippen LogP contribution in [-0.4, -0.2) is 20.9 Å². The Labute approximate surface area is 136 Å². The van der Waals surface area contributed by atoms with Gasteiger partial charge in [-0.1, -0.05) is 42.8 Å². The van der Waals surface area contributed by atoms with Gasteiger partial charge in [0.15, 0.2) is 0 Å². The monoisotopic (exact) mass is 332 g/mol. The third-order valence-corrected chi connectivity index (χ3v) is 4.86. The van der Waals surface area contributed by atoms with Crippen molar-refractivity contribution in [3.05, 3.63) is 65.2 Å². The van der Waals surface area contributed by atoms with E-state index in [0.717, 1.165) is 11.1 Å². The minimum absolute atomic E-state index is 0.0855. The van der Waals surface area contributed by atoms with Gasteiger partial charge in [0.05, 0.1) is 4.90 Å². The Bertz CT molecular complexity index is 784. The molecule has 0 aliphatic carbocycles. The first-order chi connectivity index (χ1) is 10.9. The molecule has 0 radical (unpaired) electrons. The molecule has 0 saturated heterocycles. The zero-order chi connectivity index (χ0) is 16.9. The quantitative estimate of drug-likeness (QED) is 0.852. The number of carbonyl (C=O) groups excluding carboxylic acids is 1. The molecule has 0 spiro atoms. The van der Waals surface area contributed by atoms with Gasteiger partial charge in [0.2, 0.25) is 10.0 Å². The van der Waals surface area contributed by atoms with Crippen molar-refractivity contribution < 1.29 is 13.2 Å². The summed E-state index contributed by atoms with van der Waals surface area (Å²) >= 11 is 0. The van der Waals surface area contributed by atoms with E-state index in [2.05, 4.69) is 10.0 Å². The molecule has 1 amide bonds. The van der Waals surface area contributed by atoms with Crippen molar-refractivity contribution in [1.29, 1.82) is 0 Å². The van der Waals surface area contributed by atoms with E-state index in [9.17, 15) is 13.2 Å². The maximum atomic E-state index is 12.2. The zero-order valence-corrected chi connectivity index (χ0v) is 14.0. The summed E-state index contributed by atoms with van der Waals surface area (Å²) in [5, 5.41) is 2.79. The maximum absolute atomic E-state index is 12.2. The Hall–Kier alpha value is -2.18. The first-order valence-electron chi connectivity index (χ1n) is 7.36. The second kappa shape index (κ2) is 7.39. The summed E-state index contributed by atoms with van der Waals surface area (Å²) in [6, 6.07) is 13.8. The summed E-state index contributed by atoms with van der Waals surface area (Å²) in [6.07, 6.45) is 0. The van der Waals surface area contributed by atoms with Gasteiger partial charge in [0.1, 0.15) is 0 Å². The third kappa shape index (κ3) is 4.64. The van der Waals surface area contributed by atoms with Crippen molar-refractivity contribution in [2.24, 2.45) is 0 Å². The lowest BCUT2D eigenvalue weighted by Crippen LogP contribution is -2.25. The summed E-state index contributed by atoms with van der Waals surface area (Å²) in [7, 11) is -3.57. The van der Waals surface area contributed by atoms with Crippen LogP contribution in [0.5, 0.6) is 0 Å². The fourth-order valence-corrected chi connectivity index (χ4v) is 3.15. The number of rotatable bonds is 6. The van der Waals surface area contributed by atoms with Crippen LogP contribution in [0.1, 0.15) is 28.4 Å². The SMILES string of the molecule is CCNS(=O)(=O)c1cccc(C(=O)NCc2ccc(C)cc2)c1. The van der Waals surface area contributed by atoms with E-state index in [4.69, 9.17) is 0 Å². The van der Waals surface area contributed by atoms with E-state index in [0.29, 0.717) is 18.7 Å². The van der Waals surface area contributed by atoms with Gasteiger partial charge in [-0.05, 0) is 30.7 Å². The molecule has 0 saturated carbocycles. The number of carbonyl (C=O) groups is 1. The molecule has 0 heterocycles. The lowest BCUT2D eigenvalue weighted by molar-refractivity contribution is 0.0950. The highest BCUT2D eigenvalue weighted by Crippen LogP contribution is 2.12. The van der Waals surface area contributed by atoms with Crippen molar-refractivity contribution in [2.75, 3.05) is 6.54 Å². The number of nitrogens with one attached hydrogen (secondary N) is 2. The van der Waals surface area contributed by atoms with Crippen molar-refractivity contribution >= 4 is 15.9 Å². The highest BCUT2D eigenvalue weighted by atomic mass is 32.2. The molecule has 0 fully saturated rings. The second-order valence-corrected chi connectivity index (χ2v) is 6.96. The molecule has 0 aliphatic heterocycles. The van der Waals surface area contributed by atoms with Gasteiger partial charge in [0, 0.05) is 18.7 Å². The summed E-state index contributed by atoms with van der Waals surface area (Å²) < 4.78 is 26.4. The summed E-state index contributed by atoms with van der Waals surface area (Å²) in [6.45, 7) is 4.39. The fraction of sp³-hybridized carbons (Fsp3) is 0.235. The molecule has 0 aliphatic rings. The number of sulfonamides is 1.